The van der Waals surface area contributed by atoms with Crippen LogP contribution in [0.25, 0.3) is 10.9 Å². The lowest BCUT2D eigenvalue weighted by Crippen LogP contribution is -2.24. The molecule has 0 spiro atoms. The summed E-state index contributed by atoms with van der Waals surface area (Å²) in [5.41, 5.74) is 2.59. The number of hydrogen-bond donors (Lipinski definition) is 2. The maximum atomic E-state index is 9.95. The number of aliphatic hydroxyl groups excluding tert-OH is 2. The molecule has 2 N–H and O–H groups in total. The lowest BCUT2D eigenvalue weighted by molar-refractivity contribution is -0.0428. The Morgan fingerprint density at radius 2 is 1.96 bits per heavy atom. The van der Waals surface area contributed by atoms with Gasteiger partial charge in [0.1, 0.15) is 12.3 Å². The van der Waals surface area contributed by atoms with Crippen molar-refractivity contribution in [2.24, 2.45) is 0 Å². The second-order valence-electron chi connectivity index (χ2n) is 6.99. The van der Waals surface area contributed by atoms with Gasteiger partial charge in [-0.2, -0.15) is 0 Å². The van der Waals surface area contributed by atoms with Crippen LogP contribution in [-0.2, 0) is 4.74 Å². The standard InChI is InChI=1S/C19H25NO3/c21-12-18-17(22)11-19(23-18)20-9-8-15-10-14(6-7-16(15)20)13-4-2-1-3-5-13/h6-10,13,17-19,21-22H,1-5,11-12H2/t17-,18+,19+/m0/s1. The first kappa shape index (κ1) is 15.2. The molecular weight excluding hydrogens is 290 g/mol. The van der Waals surface area contributed by atoms with Gasteiger partial charge in [-0.3, -0.25) is 0 Å². The first-order chi connectivity index (χ1) is 11.3. The van der Waals surface area contributed by atoms with Crippen molar-refractivity contribution in [2.45, 2.75) is 62.9 Å². The number of aromatic nitrogens is 1. The minimum atomic E-state index is -0.594. The molecule has 0 bridgehead atoms. The van der Waals surface area contributed by atoms with Gasteiger partial charge < -0.3 is 19.5 Å². The van der Waals surface area contributed by atoms with Crippen molar-refractivity contribution in [1.29, 1.82) is 0 Å². The normalized spacial score (nSPS) is 29.4. The van der Waals surface area contributed by atoms with Crippen LogP contribution in [0.1, 0.15) is 56.2 Å². The number of aliphatic hydroxyl groups is 2. The van der Waals surface area contributed by atoms with E-state index in [1.807, 2.05) is 6.20 Å². The zero-order valence-corrected chi connectivity index (χ0v) is 13.4. The lowest BCUT2D eigenvalue weighted by atomic mass is 9.84. The van der Waals surface area contributed by atoms with Gasteiger partial charge in [0.25, 0.3) is 0 Å². The first-order valence-electron chi connectivity index (χ1n) is 8.81. The Hall–Kier alpha value is -1.36. The molecule has 1 saturated carbocycles. The van der Waals surface area contributed by atoms with Crippen molar-refractivity contribution in [3.8, 4) is 0 Å². The number of benzene rings is 1. The van der Waals surface area contributed by atoms with Crippen LogP contribution >= 0.6 is 0 Å². The summed E-state index contributed by atoms with van der Waals surface area (Å²) >= 11 is 0. The second-order valence-corrected chi connectivity index (χ2v) is 6.99. The minimum absolute atomic E-state index is 0.136. The maximum Gasteiger partial charge on any atom is 0.137 e. The Morgan fingerprint density at radius 3 is 2.70 bits per heavy atom. The third-order valence-electron chi connectivity index (χ3n) is 5.52. The van der Waals surface area contributed by atoms with Crippen LogP contribution in [0.3, 0.4) is 0 Å². The molecule has 1 aromatic carbocycles. The zero-order chi connectivity index (χ0) is 15.8. The van der Waals surface area contributed by atoms with E-state index in [4.69, 9.17) is 4.74 Å². The topological polar surface area (TPSA) is 54.6 Å². The predicted molar refractivity (Wildman–Crippen MR) is 89.4 cm³/mol. The number of ether oxygens (including phenoxy) is 1. The summed E-state index contributed by atoms with van der Waals surface area (Å²) in [6.45, 7) is -0.136. The maximum absolute atomic E-state index is 9.95. The van der Waals surface area contributed by atoms with Gasteiger partial charge in [0.2, 0.25) is 0 Å². The Balaban J connectivity index is 1.60. The van der Waals surface area contributed by atoms with E-state index in [0.717, 1.165) is 5.52 Å². The minimum Gasteiger partial charge on any atom is -0.394 e. The molecule has 2 fully saturated rings. The Bertz CT molecular complexity index is 674. The Morgan fingerprint density at radius 1 is 1.13 bits per heavy atom. The van der Waals surface area contributed by atoms with E-state index in [-0.39, 0.29) is 12.8 Å². The smallest absolute Gasteiger partial charge is 0.137 e. The fourth-order valence-corrected chi connectivity index (χ4v) is 4.17. The zero-order valence-electron chi connectivity index (χ0n) is 13.4. The predicted octanol–water partition coefficient (Wildman–Crippen LogP) is 3.33. The van der Waals surface area contributed by atoms with Gasteiger partial charge in [0.15, 0.2) is 0 Å². The number of hydrogen-bond acceptors (Lipinski definition) is 3. The Kier molecular flexibility index (Phi) is 4.14. The molecule has 1 aromatic heterocycles. The molecule has 2 aromatic rings. The van der Waals surface area contributed by atoms with Crippen LogP contribution in [0.15, 0.2) is 30.5 Å². The van der Waals surface area contributed by atoms with E-state index in [9.17, 15) is 10.2 Å². The van der Waals surface area contributed by atoms with Gasteiger partial charge in [-0.25, -0.2) is 0 Å². The van der Waals surface area contributed by atoms with Crippen molar-refractivity contribution in [3.63, 3.8) is 0 Å². The molecule has 0 amide bonds. The van der Waals surface area contributed by atoms with Crippen molar-refractivity contribution >= 4 is 10.9 Å². The van der Waals surface area contributed by atoms with Gasteiger partial charge in [-0.15, -0.1) is 0 Å². The second kappa shape index (κ2) is 6.27. The van der Waals surface area contributed by atoms with Crippen molar-refractivity contribution in [1.82, 2.24) is 4.57 Å². The van der Waals surface area contributed by atoms with Crippen LogP contribution in [0.4, 0.5) is 0 Å². The van der Waals surface area contributed by atoms with Gasteiger partial charge in [0.05, 0.1) is 18.2 Å². The van der Waals surface area contributed by atoms with E-state index >= 15 is 0 Å². The van der Waals surface area contributed by atoms with E-state index in [2.05, 4.69) is 28.8 Å². The molecule has 4 nitrogen and oxygen atoms in total. The summed E-state index contributed by atoms with van der Waals surface area (Å²) < 4.78 is 7.87. The van der Waals surface area contributed by atoms with Crippen molar-refractivity contribution in [2.75, 3.05) is 6.61 Å². The first-order valence-corrected chi connectivity index (χ1v) is 8.81. The molecular formula is C19H25NO3. The van der Waals surface area contributed by atoms with Crippen LogP contribution in [-0.4, -0.2) is 33.6 Å². The van der Waals surface area contributed by atoms with Gasteiger partial charge in [-0.1, -0.05) is 25.3 Å². The molecule has 0 unspecified atom stereocenters. The highest BCUT2D eigenvalue weighted by atomic mass is 16.5. The molecule has 0 radical (unpaired) electrons. The van der Waals surface area contributed by atoms with E-state index in [1.165, 1.54) is 43.1 Å². The highest BCUT2D eigenvalue weighted by Gasteiger charge is 2.34. The van der Waals surface area contributed by atoms with Crippen molar-refractivity contribution in [3.05, 3.63) is 36.0 Å². The number of nitrogens with zero attached hydrogens (tertiary/aromatic N) is 1. The van der Waals surface area contributed by atoms with Crippen LogP contribution < -0.4 is 0 Å². The molecule has 23 heavy (non-hydrogen) atoms. The number of fused-ring (bicyclic) bond motifs is 1. The average molecular weight is 315 g/mol. The van der Waals surface area contributed by atoms with E-state index in [0.29, 0.717) is 12.3 Å². The van der Waals surface area contributed by atoms with Crippen LogP contribution in [0.2, 0.25) is 0 Å². The molecule has 2 heterocycles. The fraction of sp³-hybridized carbons (Fsp3) is 0.579. The molecule has 3 atom stereocenters. The number of rotatable bonds is 3. The molecule has 1 saturated heterocycles. The molecule has 124 valence electrons. The summed E-state index contributed by atoms with van der Waals surface area (Å²) in [5.74, 6) is 0.708. The monoisotopic (exact) mass is 315 g/mol. The van der Waals surface area contributed by atoms with E-state index in [1.54, 1.807) is 0 Å². The summed E-state index contributed by atoms with van der Waals surface area (Å²) in [7, 11) is 0. The molecule has 4 heteroatoms. The van der Waals surface area contributed by atoms with Crippen LogP contribution in [0, 0.1) is 0 Å². The summed E-state index contributed by atoms with van der Waals surface area (Å²) in [5, 5.41) is 20.4. The highest BCUT2D eigenvalue weighted by Crippen LogP contribution is 2.36. The fourth-order valence-electron chi connectivity index (χ4n) is 4.17. The SMILES string of the molecule is OC[C@H]1O[C@@H](n2ccc3cc(C4CCCCC4)ccc32)C[C@@H]1O. The summed E-state index contributed by atoms with van der Waals surface area (Å²) in [6.07, 6.45) is 7.99. The largest absolute Gasteiger partial charge is 0.394 e. The Labute approximate surface area is 136 Å². The van der Waals surface area contributed by atoms with Gasteiger partial charge in [-0.05, 0) is 47.9 Å². The lowest BCUT2D eigenvalue weighted by Gasteiger charge is -2.22. The average Bonchev–Trinajstić information content (AvgIpc) is 3.18. The summed E-state index contributed by atoms with van der Waals surface area (Å²) in [6, 6.07) is 8.88. The quantitative estimate of drug-likeness (QED) is 0.913. The van der Waals surface area contributed by atoms with Gasteiger partial charge in [0, 0.05) is 12.6 Å². The third-order valence-corrected chi connectivity index (χ3v) is 5.52. The molecule has 2 aliphatic rings. The molecule has 4 rings (SSSR count). The summed E-state index contributed by atoms with van der Waals surface area (Å²) in [4.78, 5) is 0. The van der Waals surface area contributed by atoms with Crippen molar-refractivity contribution < 1.29 is 14.9 Å². The van der Waals surface area contributed by atoms with Crippen LogP contribution in [0.5, 0.6) is 0 Å². The van der Waals surface area contributed by atoms with E-state index < -0.39 is 12.2 Å². The highest BCUT2D eigenvalue weighted by molar-refractivity contribution is 5.81. The third kappa shape index (κ3) is 2.80. The van der Waals surface area contributed by atoms with Gasteiger partial charge >= 0.3 is 0 Å². The molecule has 1 aliphatic heterocycles. The molecule has 1 aliphatic carbocycles.